The monoisotopic (exact) mass is 256 g/mol. The number of carboxylic acid groups (broad SMARTS) is 1. The minimum atomic E-state index is -1.06. The zero-order valence-electron chi connectivity index (χ0n) is 11.5. The number of carbonyl (C=O) groups is 2. The third-order valence-corrected chi connectivity index (χ3v) is 3.41. The van der Waals surface area contributed by atoms with E-state index in [2.05, 4.69) is 17.2 Å². The Morgan fingerprint density at radius 1 is 1.28 bits per heavy atom. The molecule has 1 atom stereocenters. The van der Waals surface area contributed by atoms with Gasteiger partial charge in [0.15, 0.2) is 0 Å². The van der Waals surface area contributed by atoms with Gasteiger partial charge < -0.3 is 15.7 Å². The first-order chi connectivity index (χ1) is 8.44. The Bertz CT molecular complexity index is 290. The molecule has 0 aromatic rings. The molecule has 0 spiro atoms. The molecule has 0 heterocycles. The molecule has 0 aromatic heterocycles. The number of amides is 2. The van der Waals surface area contributed by atoms with E-state index >= 15 is 0 Å². The summed E-state index contributed by atoms with van der Waals surface area (Å²) in [4.78, 5) is 22.7. The van der Waals surface area contributed by atoms with Crippen molar-refractivity contribution >= 4 is 12.0 Å². The number of rotatable bonds is 8. The van der Waals surface area contributed by atoms with Crippen molar-refractivity contribution in [3.8, 4) is 0 Å². The number of hydrogen-bond donors (Lipinski definition) is 3. The van der Waals surface area contributed by atoms with Gasteiger partial charge in [-0.05, 0) is 25.7 Å². The zero-order chi connectivity index (χ0) is 14.2. The molecule has 0 aliphatic heterocycles. The highest BCUT2D eigenvalue weighted by Crippen LogP contribution is 2.18. The molecular formula is C13H24N2O3. The summed E-state index contributed by atoms with van der Waals surface area (Å²) in [6.45, 7) is 9.50. The molecule has 0 rings (SSSR count). The molecule has 3 N–H and O–H groups in total. The minimum Gasteiger partial charge on any atom is -0.480 e. The Morgan fingerprint density at radius 3 is 2.11 bits per heavy atom. The topological polar surface area (TPSA) is 78.4 Å². The van der Waals surface area contributed by atoms with Gasteiger partial charge >= 0.3 is 12.0 Å². The summed E-state index contributed by atoms with van der Waals surface area (Å²) in [6.07, 6.45) is 4.12. The van der Waals surface area contributed by atoms with Crippen LogP contribution >= 0.6 is 0 Å². The summed E-state index contributed by atoms with van der Waals surface area (Å²) in [5.41, 5.74) is -0.263. The first-order valence-electron chi connectivity index (χ1n) is 6.37. The van der Waals surface area contributed by atoms with Crippen molar-refractivity contribution in [1.82, 2.24) is 10.6 Å². The molecule has 1 unspecified atom stereocenters. The summed E-state index contributed by atoms with van der Waals surface area (Å²) < 4.78 is 0. The minimum absolute atomic E-state index is 0.208. The standard InChI is InChI=1S/C13H24N2O3/c1-5-9-10(11(16)17)14-12(18)15-13(6-2,7-3)8-4/h5,10H,1,6-9H2,2-4H3,(H,16,17)(H2,14,15,18). The third-order valence-electron chi connectivity index (χ3n) is 3.41. The van der Waals surface area contributed by atoms with Gasteiger partial charge in [-0.15, -0.1) is 6.58 Å². The van der Waals surface area contributed by atoms with Crippen LogP contribution in [0.2, 0.25) is 0 Å². The maximum atomic E-state index is 11.8. The second-order valence-electron chi connectivity index (χ2n) is 4.35. The molecule has 0 saturated carbocycles. The fraction of sp³-hybridized carbons (Fsp3) is 0.692. The number of hydrogen-bond acceptors (Lipinski definition) is 2. The molecule has 18 heavy (non-hydrogen) atoms. The van der Waals surface area contributed by atoms with Crippen LogP contribution in [0.15, 0.2) is 12.7 Å². The Morgan fingerprint density at radius 2 is 1.78 bits per heavy atom. The lowest BCUT2D eigenvalue weighted by molar-refractivity contribution is -0.139. The van der Waals surface area contributed by atoms with E-state index in [1.54, 1.807) is 0 Å². The smallest absolute Gasteiger partial charge is 0.326 e. The first kappa shape index (κ1) is 16.5. The lowest BCUT2D eigenvalue weighted by Crippen LogP contribution is -2.54. The second-order valence-corrected chi connectivity index (χ2v) is 4.35. The van der Waals surface area contributed by atoms with Crippen LogP contribution in [0.4, 0.5) is 4.79 Å². The zero-order valence-corrected chi connectivity index (χ0v) is 11.5. The molecule has 5 heteroatoms. The number of urea groups is 1. The van der Waals surface area contributed by atoms with Crippen LogP contribution in [0.1, 0.15) is 46.5 Å². The number of nitrogens with one attached hydrogen (secondary N) is 2. The van der Waals surface area contributed by atoms with Crippen LogP contribution in [0.5, 0.6) is 0 Å². The molecule has 0 aromatic carbocycles. The SMILES string of the molecule is C=CCC(NC(=O)NC(CC)(CC)CC)C(=O)O. The highest BCUT2D eigenvalue weighted by Gasteiger charge is 2.27. The normalized spacial score (nSPS) is 12.6. The van der Waals surface area contributed by atoms with E-state index < -0.39 is 18.0 Å². The molecule has 104 valence electrons. The maximum Gasteiger partial charge on any atom is 0.326 e. The number of carboxylic acids is 1. The van der Waals surface area contributed by atoms with Crippen LogP contribution in [-0.2, 0) is 4.79 Å². The molecule has 5 nitrogen and oxygen atoms in total. The highest BCUT2D eigenvalue weighted by molar-refractivity contribution is 5.83. The lowest BCUT2D eigenvalue weighted by Gasteiger charge is -2.32. The van der Waals surface area contributed by atoms with Gasteiger partial charge in [-0.2, -0.15) is 0 Å². The second kappa shape index (κ2) is 7.74. The van der Waals surface area contributed by atoms with Gasteiger partial charge in [0.2, 0.25) is 0 Å². The first-order valence-corrected chi connectivity index (χ1v) is 6.37. The highest BCUT2D eigenvalue weighted by atomic mass is 16.4. The van der Waals surface area contributed by atoms with Crippen molar-refractivity contribution < 1.29 is 14.7 Å². The Hall–Kier alpha value is -1.52. The van der Waals surface area contributed by atoms with Gasteiger partial charge in [-0.1, -0.05) is 26.8 Å². The van der Waals surface area contributed by atoms with Crippen molar-refractivity contribution in [3.05, 3.63) is 12.7 Å². The lowest BCUT2D eigenvalue weighted by atomic mass is 9.90. The molecule has 0 aliphatic rings. The summed E-state index contributed by atoms with van der Waals surface area (Å²) in [7, 11) is 0. The van der Waals surface area contributed by atoms with Gasteiger partial charge in [0.25, 0.3) is 0 Å². The van der Waals surface area contributed by atoms with Gasteiger partial charge in [0.05, 0.1) is 0 Å². The molecule has 0 bridgehead atoms. The summed E-state index contributed by atoms with van der Waals surface area (Å²) in [5, 5.41) is 14.3. The van der Waals surface area contributed by atoms with Crippen LogP contribution in [0.3, 0.4) is 0 Å². The van der Waals surface area contributed by atoms with E-state index in [1.807, 2.05) is 20.8 Å². The summed E-state index contributed by atoms with van der Waals surface area (Å²) in [5.74, 6) is -1.06. The Kier molecular flexibility index (Phi) is 7.08. The summed E-state index contributed by atoms with van der Waals surface area (Å²) in [6, 6.07) is -1.36. The van der Waals surface area contributed by atoms with E-state index in [0.29, 0.717) is 0 Å². The number of carbonyl (C=O) groups excluding carboxylic acids is 1. The van der Waals surface area contributed by atoms with Crippen molar-refractivity contribution in [2.45, 2.75) is 58.0 Å². The average Bonchev–Trinajstić information content (AvgIpc) is 2.35. The van der Waals surface area contributed by atoms with Crippen molar-refractivity contribution in [2.24, 2.45) is 0 Å². The van der Waals surface area contributed by atoms with Gasteiger partial charge in [-0.3, -0.25) is 0 Å². The van der Waals surface area contributed by atoms with Crippen molar-refractivity contribution in [1.29, 1.82) is 0 Å². The molecule has 0 radical (unpaired) electrons. The van der Waals surface area contributed by atoms with Gasteiger partial charge in [-0.25, -0.2) is 9.59 Å². The summed E-state index contributed by atoms with van der Waals surface area (Å²) >= 11 is 0. The molecule has 0 aliphatic carbocycles. The van der Waals surface area contributed by atoms with Crippen molar-refractivity contribution in [2.75, 3.05) is 0 Å². The molecule has 0 fully saturated rings. The van der Waals surface area contributed by atoms with E-state index in [-0.39, 0.29) is 12.0 Å². The largest absolute Gasteiger partial charge is 0.480 e. The van der Waals surface area contributed by atoms with Crippen molar-refractivity contribution in [3.63, 3.8) is 0 Å². The predicted molar refractivity (Wildman–Crippen MR) is 71.5 cm³/mol. The molecule has 0 saturated heterocycles. The van der Waals surface area contributed by atoms with E-state index in [1.165, 1.54) is 6.08 Å². The van der Waals surface area contributed by atoms with E-state index in [4.69, 9.17) is 5.11 Å². The van der Waals surface area contributed by atoms with Crippen LogP contribution < -0.4 is 10.6 Å². The van der Waals surface area contributed by atoms with Gasteiger partial charge in [0.1, 0.15) is 6.04 Å². The van der Waals surface area contributed by atoms with Gasteiger partial charge in [0, 0.05) is 5.54 Å². The fourth-order valence-electron chi connectivity index (χ4n) is 1.84. The Labute approximate surface area is 109 Å². The quantitative estimate of drug-likeness (QED) is 0.583. The number of aliphatic carboxylic acids is 1. The predicted octanol–water partition coefficient (Wildman–Crippen LogP) is 2.28. The third kappa shape index (κ3) is 4.77. The van der Waals surface area contributed by atoms with Crippen LogP contribution in [0.25, 0.3) is 0 Å². The molecular weight excluding hydrogens is 232 g/mol. The van der Waals surface area contributed by atoms with Crippen LogP contribution in [-0.4, -0.2) is 28.7 Å². The molecule has 2 amide bonds. The van der Waals surface area contributed by atoms with E-state index in [0.717, 1.165) is 19.3 Å². The fourth-order valence-corrected chi connectivity index (χ4v) is 1.84. The maximum absolute atomic E-state index is 11.8. The van der Waals surface area contributed by atoms with E-state index in [9.17, 15) is 9.59 Å². The average molecular weight is 256 g/mol. The van der Waals surface area contributed by atoms with Crippen LogP contribution in [0, 0.1) is 0 Å². The Balaban J connectivity index is 4.56.